The highest BCUT2D eigenvalue weighted by Gasteiger charge is 2.43. The second-order valence-electron chi connectivity index (χ2n) is 7.60. The average Bonchev–Trinajstić information content (AvgIpc) is 3.08. The smallest absolute Gasteiger partial charge is 0.0841 e. The van der Waals surface area contributed by atoms with E-state index in [1.165, 1.54) is 24.1 Å². The van der Waals surface area contributed by atoms with Gasteiger partial charge in [0.15, 0.2) is 0 Å². The lowest BCUT2D eigenvalue weighted by Crippen LogP contribution is -2.48. The maximum atomic E-state index is 6.29. The summed E-state index contributed by atoms with van der Waals surface area (Å²) in [6, 6.07) is 14.8. The van der Waals surface area contributed by atoms with Gasteiger partial charge in [-0.3, -0.25) is 4.98 Å². The first-order valence-electron chi connectivity index (χ1n) is 9.72. The fourth-order valence-electron chi connectivity index (χ4n) is 4.20. The fraction of sp³-hybridized carbons (Fsp3) is 0.500. The minimum Gasteiger partial charge on any atom is -0.371 e. The molecule has 2 fully saturated rings. The molecule has 0 unspecified atom stereocenters. The van der Waals surface area contributed by atoms with Crippen LogP contribution < -0.4 is 0 Å². The first kappa shape index (κ1) is 17.7. The van der Waals surface area contributed by atoms with Crippen molar-refractivity contribution < 1.29 is 9.47 Å². The molecule has 1 spiro atoms. The number of likely N-dealkylation sites (tertiary alicyclic amines) is 1. The molecular weight excluding hydrogens is 324 g/mol. The number of ether oxygens (including phenoxy) is 2. The Morgan fingerprint density at radius 2 is 1.96 bits per heavy atom. The summed E-state index contributed by atoms with van der Waals surface area (Å²) in [6.45, 7) is 4.69. The van der Waals surface area contributed by atoms with Crippen molar-refractivity contribution >= 4 is 0 Å². The van der Waals surface area contributed by atoms with E-state index in [0.717, 1.165) is 39.0 Å². The molecule has 0 saturated carbocycles. The van der Waals surface area contributed by atoms with Gasteiger partial charge in [-0.25, -0.2) is 0 Å². The topological polar surface area (TPSA) is 34.6 Å². The molecule has 138 valence electrons. The van der Waals surface area contributed by atoms with Gasteiger partial charge in [0.25, 0.3) is 0 Å². The maximum Gasteiger partial charge on any atom is 0.0841 e. The van der Waals surface area contributed by atoms with Gasteiger partial charge in [0.05, 0.1) is 24.9 Å². The van der Waals surface area contributed by atoms with Gasteiger partial charge in [-0.1, -0.05) is 30.3 Å². The minimum atomic E-state index is -0.00213. The Morgan fingerprint density at radius 3 is 2.81 bits per heavy atom. The number of piperidine rings is 1. The molecule has 3 heterocycles. The quantitative estimate of drug-likeness (QED) is 0.797. The van der Waals surface area contributed by atoms with Crippen molar-refractivity contribution in [2.75, 3.05) is 26.2 Å². The third-order valence-corrected chi connectivity index (χ3v) is 5.59. The highest BCUT2D eigenvalue weighted by Crippen LogP contribution is 2.36. The average molecular weight is 352 g/mol. The summed E-state index contributed by atoms with van der Waals surface area (Å²) in [5.41, 5.74) is 2.59. The zero-order chi connectivity index (χ0) is 17.7. The molecule has 0 amide bonds. The molecule has 0 aliphatic carbocycles. The molecule has 4 rings (SSSR count). The van der Waals surface area contributed by atoms with Crippen molar-refractivity contribution in [3.63, 3.8) is 0 Å². The van der Waals surface area contributed by atoms with Crippen molar-refractivity contribution in [1.82, 2.24) is 9.88 Å². The zero-order valence-electron chi connectivity index (χ0n) is 15.3. The molecule has 2 aliphatic rings. The molecule has 4 nitrogen and oxygen atoms in total. The highest BCUT2D eigenvalue weighted by molar-refractivity contribution is 5.15. The lowest BCUT2D eigenvalue weighted by Gasteiger charge is -2.39. The number of benzene rings is 1. The Kier molecular flexibility index (Phi) is 5.63. The third-order valence-electron chi connectivity index (χ3n) is 5.59. The molecule has 2 aliphatic heterocycles. The SMILES string of the molecule is c1ccc(CCN2CCC[C@]3(C[C@H](OCc4ccncc4)CO3)C2)cc1. The predicted octanol–water partition coefficient (Wildman–Crippen LogP) is 3.46. The molecule has 26 heavy (non-hydrogen) atoms. The first-order chi connectivity index (χ1) is 12.8. The van der Waals surface area contributed by atoms with Crippen molar-refractivity contribution in [1.29, 1.82) is 0 Å². The largest absolute Gasteiger partial charge is 0.371 e. The number of rotatable bonds is 6. The Bertz CT molecular complexity index is 679. The number of nitrogens with zero attached hydrogens (tertiary/aromatic N) is 2. The van der Waals surface area contributed by atoms with E-state index in [-0.39, 0.29) is 11.7 Å². The van der Waals surface area contributed by atoms with Crippen molar-refractivity contribution in [3.8, 4) is 0 Å². The van der Waals surface area contributed by atoms with Gasteiger partial charge in [0.2, 0.25) is 0 Å². The van der Waals surface area contributed by atoms with Gasteiger partial charge in [0, 0.05) is 31.9 Å². The van der Waals surface area contributed by atoms with E-state index in [4.69, 9.17) is 9.47 Å². The number of hydrogen-bond donors (Lipinski definition) is 0. The summed E-state index contributed by atoms with van der Waals surface area (Å²) in [5.74, 6) is 0. The zero-order valence-corrected chi connectivity index (χ0v) is 15.3. The van der Waals surface area contributed by atoms with Crippen LogP contribution in [-0.2, 0) is 22.5 Å². The van der Waals surface area contributed by atoms with Gasteiger partial charge < -0.3 is 14.4 Å². The van der Waals surface area contributed by atoms with Crippen molar-refractivity contribution in [2.45, 2.75) is 44.0 Å². The normalized spacial score (nSPS) is 26.4. The molecular formula is C22H28N2O2. The maximum absolute atomic E-state index is 6.29. The molecule has 1 aromatic heterocycles. The molecule has 2 atom stereocenters. The molecule has 1 aromatic carbocycles. The third kappa shape index (κ3) is 4.50. The van der Waals surface area contributed by atoms with E-state index in [2.05, 4.69) is 40.2 Å². The molecule has 2 saturated heterocycles. The van der Waals surface area contributed by atoms with E-state index in [0.29, 0.717) is 6.61 Å². The predicted molar refractivity (Wildman–Crippen MR) is 102 cm³/mol. The van der Waals surface area contributed by atoms with Crippen LogP contribution >= 0.6 is 0 Å². The summed E-state index contributed by atoms with van der Waals surface area (Å²) in [4.78, 5) is 6.63. The number of pyridine rings is 1. The van der Waals surface area contributed by atoms with Crippen LogP contribution in [0.2, 0.25) is 0 Å². The molecule has 4 heteroatoms. The molecule has 0 bridgehead atoms. The Labute approximate surface area is 156 Å². The second-order valence-corrected chi connectivity index (χ2v) is 7.60. The summed E-state index contributed by atoms with van der Waals surface area (Å²) in [6.07, 6.45) is 8.33. The van der Waals surface area contributed by atoms with Gasteiger partial charge in [-0.15, -0.1) is 0 Å². The monoisotopic (exact) mass is 352 g/mol. The van der Waals surface area contributed by atoms with Crippen LogP contribution in [0.15, 0.2) is 54.9 Å². The minimum absolute atomic E-state index is 0.00213. The lowest BCUT2D eigenvalue weighted by atomic mass is 9.89. The van der Waals surface area contributed by atoms with Gasteiger partial charge in [0.1, 0.15) is 0 Å². The summed E-state index contributed by atoms with van der Waals surface area (Å²) in [5, 5.41) is 0. The van der Waals surface area contributed by atoms with E-state index < -0.39 is 0 Å². The van der Waals surface area contributed by atoms with Gasteiger partial charge in [-0.05, 0) is 49.1 Å². The Balaban J connectivity index is 1.27. The summed E-state index contributed by atoms with van der Waals surface area (Å²) >= 11 is 0. The van der Waals surface area contributed by atoms with Crippen LogP contribution in [0, 0.1) is 0 Å². The van der Waals surface area contributed by atoms with Crippen LogP contribution in [0.25, 0.3) is 0 Å². The van der Waals surface area contributed by atoms with Crippen molar-refractivity contribution in [3.05, 3.63) is 66.0 Å². The van der Waals surface area contributed by atoms with Gasteiger partial charge >= 0.3 is 0 Å². The molecule has 0 N–H and O–H groups in total. The van der Waals surface area contributed by atoms with Crippen LogP contribution in [-0.4, -0.2) is 47.8 Å². The second kappa shape index (κ2) is 8.30. The Morgan fingerprint density at radius 1 is 1.12 bits per heavy atom. The number of aromatic nitrogens is 1. The molecule has 0 radical (unpaired) electrons. The van der Waals surface area contributed by atoms with Crippen LogP contribution in [0.5, 0.6) is 0 Å². The van der Waals surface area contributed by atoms with E-state index in [9.17, 15) is 0 Å². The lowest BCUT2D eigenvalue weighted by molar-refractivity contribution is -0.0526. The van der Waals surface area contributed by atoms with Crippen molar-refractivity contribution in [2.24, 2.45) is 0 Å². The highest BCUT2D eigenvalue weighted by atomic mass is 16.6. The van der Waals surface area contributed by atoms with E-state index in [1.54, 1.807) is 0 Å². The Hall–Kier alpha value is -1.75. The number of hydrogen-bond acceptors (Lipinski definition) is 4. The van der Waals surface area contributed by atoms with Crippen LogP contribution in [0.1, 0.15) is 30.4 Å². The summed E-state index contributed by atoms with van der Waals surface area (Å²) in [7, 11) is 0. The van der Waals surface area contributed by atoms with Crippen LogP contribution in [0.3, 0.4) is 0 Å². The van der Waals surface area contributed by atoms with Gasteiger partial charge in [-0.2, -0.15) is 0 Å². The van der Waals surface area contributed by atoms with Crippen LogP contribution in [0.4, 0.5) is 0 Å². The summed E-state index contributed by atoms with van der Waals surface area (Å²) < 4.78 is 12.4. The first-order valence-corrected chi connectivity index (χ1v) is 9.72. The fourth-order valence-corrected chi connectivity index (χ4v) is 4.20. The molecule has 2 aromatic rings. The van der Waals surface area contributed by atoms with E-state index in [1.807, 2.05) is 24.5 Å². The standard InChI is InChI=1S/C22H28N2O2/c1-2-5-19(6-3-1)9-14-24-13-4-10-22(18-24)15-21(17-26-22)25-16-20-7-11-23-12-8-20/h1-3,5-8,11-12,21H,4,9-10,13-18H2/t21-,22-/m0/s1. The van der Waals surface area contributed by atoms with E-state index >= 15 is 0 Å².